The van der Waals surface area contributed by atoms with Crippen LogP contribution in [0.2, 0.25) is 0 Å². The molecule has 4 aromatic rings. The van der Waals surface area contributed by atoms with Gasteiger partial charge in [-0.2, -0.15) is 0 Å². The highest BCUT2D eigenvalue weighted by Gasteiger charge is 2.20. The quantitative estimate of drug-likeness (QED) is 0.549. The van der Waals surface area contributed by atoms with Crippen molar-refractivity contribution in [2.24, 2.45) is 0 Å². The van der Waals surface area contributed by atoms with Crippen LogP contribution in [0.1, 0.15) is 10.7 Å². The van der Waals surface area contributed by atoms with Crippen LogP contribution in [-0.2, 0) is 19.5 Å². The monoisotopic (exact) mass is 360 g/mol. The summed E-state index contributed by atoms with van der Waals surface area (Å²) >= 11 is 1.91. The predicted octanol–water partition coefficient (Wildman–Crippen LogP) is 4.22. The highest BCUT2D eigenvalue weighted by Crippen LogP contribution is 2.27. The fraction of sp³-hybridized carbons (Fsp3) is 0.238. The molecule has 0 amide bonds. The summed E-state index contributed by atoms with van der Waals surface area (Å²) in [4.78, 5) is 3.97. The molecule has 3 heterocycles. The van der Waals surface area contributed by atoms with Crippen molar-refractivity contribution in [1.29, 1.82) is 0 Å². The zero-order valence-electron chi connectivity index (χ0n) is 14.5. The summed E-state index contributed by atoms with van der Waals surface area (Å²) in [6, 6.07) is 21.3. The van der Waals surface area contributed by atoms with Crippen molar-refractivity contribution in [2.45, 2.75) is 19.5 Å². The van der Waals surface area contributed by atoms with Gasteiger partial charge < -0.3 is 4.57 Å². The van der Waals surface area contributed by atoms with Gasteiger partial charge in [0, 0.05) is 47.7 Å². The molecule has 0 N–H and O–H groups in total. The zero-order chi connectivity index (χ0) is 17.3. The van der Waals surface area contributed by atoms with Crippen LogP contribution in [0.3, 0.4) is 0 Å². The molecule has 5 rings (SSSR count). The van der Waals surface area contributed by atoms with Gasteiger partial charge in [-0.05, 0) is 17.5 Å². The third-order valence-electron chi connectivity index (χ3n) is 5.01. The van der Waals surface area contributed by atoms with Gasteiger partial charge in [-0.3, -0.25) is 4.90 Å². The Morgan fingerprint density at radius 1 is 0.885 bits per heavy atom. The van der Waals surface area contributed by atoms with Gasteiger partial charge in [-0.25, -0.2) is 0 Å². The molecular weight excluding hydrogens is 340 g/mol. The highest BCUT2D eigenvalue weighted by atomic mass is 32.1. The summed E-state index contributed by atoms with van der Waals surface area (Å²) in [5.41, 5.74) is 1.14. The van der Waals surface area contributed by atoms with Gasteiger partial charge in [0.25, 0.3) is 0 Å². The van der Waals surface area contributed by atoms with Crippen LogP contribution >= 0.6 is 11.3 Å². The van der Waals surface area contributed by atoms with Crippen LogP contribution in [0.5, 0.6) is 0 Å². The lowest BCUT2D eigenvalue weighted by Crippen LogP contribution is -2.26. The Labute approximate surface area is 156 Å². The van der Waals surface area contributed by atoms with Gasteiger partial charge in [-0.15, -0.1) is 21.5 Å². The number of hydrogen-bond donors (Lipinski definition) is 0. The summed E-state index contributed by atoms with van der Waals surface area (Å²) in [7, 11) is 0. The second-order valence-corrected chi connectivity index (χ2v) is 7.90. The first-order valence-corrected chi connectivity index (χ1v) is 9.86. The molecule has 0 spiro atoms. The Bertz CT molecular complexity index is 1000. The van der Waals surface area contributed by atoms with Crippen molar-refractivity contribution < 1.29 is 0 Å². The SMILES string of the molecule is c1ccc(-c2nnc3n2CCN(Cc2cc4ccccc4s2)CC3)cc1. The van der Waals surface area contributed by atoms with Crippen molar-refractivity contribution in [3.8, 4) is 11.4 Å². The molecular formula is C21H20N4S. The van der Waals surface area contributed by atoms with E-state index in [4.69, 9.17) is 0 Å². The van der Waals surface area contributed by atoms with Crippen LogP contribution in [0, 0.1) is 0 Å². The van der Waals surface area contributed by atoms with Gasteiger partial charge in [0.05, 0.1) is 0 Å². The lowest BCUT2D eigenvalue weighted by atomic mass is 10.2. The molecule has 0 atom stereocenters. The van der Waals surface area contributed by atoms with Gasteiger partial charge in [0.2, 0.25) is 0 Å². The predicted molar refractivity (Wildman–Crippen MR) is 106 cm³/mol. The van der Waals surface area contributed by atoms with Crippen molar-refractivity contribution in [3.63, 3.8) is 0 Å². The molecule has 0 unspecified atom stereocenters. The van der Waals surface area contributed by atoms with Gasteiger partial charge in [0.1, 0.15) is 5.82 Å². The summed E-state index contributed by atoms with van der Waals surface area (Å²) < 4.78 is 3.67. The molecule has 2 aromatic carbocycles. The zero-order valence-corrected chi connectivity index (χ0v) is 15.3. The lowest BCUT2D eigenvalue weighted by molar-refractivity contribution is 0.274. The standard InChI is InChI=1S/C21H20N4S/c1-2-6-16(7-3-1)21-23-22-20-10-11-24(12-13-25(20)21)15-18-14-17-8-4-5-9-19(17)26-18/h1-9,14H,10-13,15H2. The highest BCUT2D eigenvalue weighted by molar-refractivity contribution is 7.19. The van der Waals surface area contributed by atoms with E-state index >= 15 is 0 Å². The molecule has 5 heteroatoms. The van der Waals surface area contributed by atoms with Gasteiger partial charge in [0.15, 0.2) is 5.82 Å². The third kappa shape index (κ3) is 2.93. The van der Waals surface area contributed by atoms with E-state index in [1.807, 2.05) is 17.4 Å². The fourth-order valence-electron chi connectivity index (χ4n) is 3.66. The Morgan fingerprint density at radius 3 is 2.62 bits per heavy atom. The third-order valence-corrected chi connectivity index (χ3v) is 6.11. The van der Waals surface area contributed by atoms with Crippen molar-refractivity contribution in [1.82, 2.24) is 19.7 Å². The van der Waals surface area contributed by atoms with Gasteiger partial charge in [-0.1, -0.05) is 48.5 Å². The molecule has 4 nitrogen and oxygen atoms in total. The Kier molecular flexibility index (Phi) is 4.03. The molecule has 0 saturated carbocycles. The average Bonchev–Trinajstić information content (AvgIpc) is 3.22. The maximum absolute atomic E-state index is 4.46. The average molecular weight is 360 g/mol. The summed E-state index contributed by atoms with van der Waals surface area (Å²) in [5, 5.41) is 10.3. The van der Waals surface area contributed by atoms with E-state index < -0.39 is 0 Å². The van der Waals surface area contributed by atoms with Crippen LogP contribution in [-0.4, -0.2) is 32.8 Å². The minimum absolute atomic E-state index is 0.942. The van der Waals surface area contributed by atoms with Crippen LogP contribution in [0.4, 0.5) is 0 Å². The maximum Gasteiger partial charge on any atom is 0.164 e. The van der Waals surface area contributed by atoms with E-state index in [2.05, 4.69) is 74.3 Å². The molecule has 0 radical (unpaired) electrons. The maximum atomic E-state index is 4.46. The first kappa shape index (κ1) is 15.7. The van der Waals surface area contributed by atoms with Crippen molar-refractivity contribution >= 4 is 21.4 Å². The van der Waals surface area contributed by atoms with E-state index in [1.165, 1.54) is 15.0 Å². The molecule has 1 aliphatic heterocycles. The second kappa shape index (κ2) is 6.67. The summed E-state index contributed by atoms with van der Waals surface area (Å²) in [5.74, 6) is 2.09. The Morgan fingerprint density at radius 2 is 1.73 bits per heavy atom. The van der Waals surface area contributed by atoms with Crippen molar-refractivity contribution in [2.75, 3.05) is 13.1 Å². The Balaban J connectivity index is 1.35. The summed E-state index contributed by atoms with van der Waals surface area (Å²) in [6.07, 6.45) is 0.949. The number of rotatable bonds is 3. The normalized spacial score (nSPS) is 15.1. The fourth-order valence-corrected chi connectivity index (χ4v) is 4.77. The first-order valence-electron chi connectivity index (χ1n) is 9.04. The molecule has 2 aromatic heterocycles. The molecule has 0 fully saturated rings. The van der Waals surface area contributed by atoms with Gasteiger partial charge >= 0.3 is 0 Å². The van der Waals surface area contributed by atoms with Crippen LogP contribution in [0.25, 0.3) is 21.5 Å². The Hall–Kier alpha value is -2.50. The lowest BCUT2D eigenvalue weighted by Gasteiger charge is -2.18. The number of nitrogens with zero attached hydrogens (tertiary/aromatic N) is 4. The van der Waals surface area contributed by atoms with E-state index in [0.29, 0.717) is 0 Å². The number of thiophene rings is 1. The molecule has 0 bridgehead atoms. The summed E-state index contributed by atoms with van der Waals surface area (Å²) in [6.45, 7) is 4.01. The minimum atomic E-state index is 0.942. The molecule has 0 saturated heterocycles. The number of benzene rings is 2. The molecule has 0 aliphatic carbocycles. The number of aromatic nitrogens is 3. The number of hydrogen-bond acceptors (Lipinski definition) is 4. The topological polar surface area (TPSA) is 34.0 Å². The van der Waals surface area contributed by atoms with Crippen LogP contribution < -0.4 is 0 Å². The molecule has 26 heavy (non-hydrogen) atoms. The van der Waals surface area contributed by atoms with E-state index in [1.54, 1.807) is 0 Å². The first-order chi connectivity index (χ1) is 12.9. The molecule has 1 aliphatic rings. The largest absolute Gasteiger partial charge is 0.310 e. The minimum Gasteiger partial charge on any atom is -0.310 e. The smallest absolute Gasteiger partial charge is 0.164 e. The second-order valence-electron chi connectivity index (χ2n) is 6.73. The molecule has 130 valence electrons. The van der Waals surface area contributed by atoms with Crippen molar-refractivity contribution in [3.05, 3.63) is 71.4 Å². The van der Waals surface area contributed by atoms with E-state index in [-0.39, 0.29) is 0 Å². The van der Waals surface area contributed by atoms with E-state index in [9.17, 15) is 0 Å². The van der Waals surface area contributed by atoms with Crippen LogP contribution in [0.15, 0.2) is 60.7 Å². The number of fused-ring (bicyclic) bond motifs is 2. The van der Waals surface area contributed by atoms with E-state index in [0.717, 1.165) is 49.8 Å².